The highest BCUT2D eigenvalue weighted by molar-refractivity contribution is 6.31. The number of benzene rings is 1. The van der Waals surface area contributed by atoms with Gasteiger partial charge in [0.1, 0.15) is 17.0 Å². The number of hydrogen-bond acceptors (Lipinski definition) is 4. The zero-order chi connectivity index (χ0) is 15.7. The molecule has 1 aliphatic rings. The Morgan fingerprint density at radius 2 is 2.05 bits per heavy atom. The van der Waals surface area contributed by atoms with E-state index in [1.807, 2.05) is 24.3 Å². The number of aromatic nitrogens is 1. The quantitative estimate of drug-likeness (QED) is 0.798. The molecule has 0 fully saturated rings. The van der Waals surface area contributed by atoms with Gasteiger partial charge in [0.25, 0.3) is 0 Å². The molecule has 0 radical (unpaired) electrons. The second-order valence-corrected chi connectivity index (χ2v) is 5.76. The van der Waals surface area contributed by atoms with Crippen molar-refractivity contribution in [2.75, 3.05) is 20.7 Å². The zero-order valence-electron chi connectivity index (χ0n) is 12.6. The van der Waals surface area contributed by atoms with Crippen LogP contribution in [0.25, 0.3) is 11.1 Å². The van der Waals surface area contributed by atoms with Gasteiger partial charge in [0, 0.05) is 30.8 Å². The van der Waals surface area contributed by atoms with E-state index in [0.717, 1.165) is 47.6 Å². The standard InChI is InChI=1S/C17H16ClN3O/c1-21-8-7-15-14(10-21)16(13(9-19)17(18)20-15)11-3-5-12(22-2)6-4-11/h3-6H,7-8,10H2,1-2H3. The van der Waals surface area contributed by atoms with Gasteiger partial charge in [0.15, 0.2) is 0 Å². The lowest BCUT2D eigenvalue weighted by atomic mass is 9.92. The van der Waals surface area contributed by atoms with Crippen LogP contribution in [0.4, 0.5) is 0 Å². The molecular formula is C17H16ClN3O. The zero-order valence-corrected chi connectivity index (χ0v) is 13.3. The van der Waals surface area contributed by atoms with Gasteiger partial charge >= 0.3 is 0 Å². The number of hydrogen-bond donors (Lipinski definition) is 0. The van der Waals surface area contributed by atoms with E-state index in [1.165, 1.54) is 0 Å². The number of nitriles is 1. The predicted octanol–water partition coefficient (Wildman–Crippen LogP) is 3.27. The summed E-state index contributed by atoms with van der Waals surface area (Å²) in [4.78, 5) is 6.66. The lowest BCUT2D eigenvalue weighted by Gasteiger charge is -2.27. The van der Waals surface area contributed by atoms with Gasteiger partial charge in [0.2, 0.25) is 0 Å². The maximum Gasteiger partial charge on any atom is 0.147 e. The molecule has 22 heavy (non-hydrogen) atoms. The number of methoxy groups -OCH3 is 1. The average molecular weight is 314 g/mol. The molecule has 3 rings (SSSR count). The third-order valence-corrected chi connectivity index (χ3v) is 4.26. The summed E-state index contributed by atoms with van der Waals surface area (Å²) in [7, 11) is 3.71. The fraction of sp³-hybridized carbons (Fsp3) is 0.294. The van der Waals surface area contributed by atoms with Gasteiger partial charge in [-0.2, -0.15) is 5.26 Å². The van der Waals surface area contributed by atoms with Gasteiger partial charge in [-0.3, -0.25) is 0 Å². The first-order valence-corrected chi connectivity index (χ1v) is 7.46. The van der Waals surface area contributed by atoms with Crippen LogP contribution in [0.3, 0.4) is 0 Å². The highest BCUT2D eigenvalue weighted by Gasteiger charge is 2.24. The van der Waals surface area contributed by atoms with Crippen molar-refractivity contribution in [1.82, 2.24) is 9.88 Å². The monoisotopic (exact) mass is 313 g/mol. The molecule has 0 aliphatic carbocycles. The van der Waals surface area contributed by atoms with Crippen LogP contribution in [-0.2, 0) is 13.0 Å². The molecule has 1 aromatic heterocycles. The maximum absolute atomic E-state index is 9.52. The lowest BCUT2D eigenvalue weighted by Crippen LogP contribution is -2.28. The van der Waals surface area contributed by atoms with Crippen LogP contribution in [-0.4, -0.2) is 30.6 Å². The Kier molecular flexibility index (Phi) is 4.02. The van der Waals surface area contributed by atoms with Crippen molar-refractivity contribution in [2.45, 2.75) is 13.0 Å². The van der Waals surface area contributed by atoms with Crippen molar-refractivity contribution in [3.8, 4) is 22.9 Å². The molecule has 0 bridgehead atoms. The molecule has 0 spiro atoms. The number of halogens is 1. The summed E-state index contributed by atoms with van der Waals surface area (Å²) in [5.74, 6) is 0.786. The predicted molar refractivity (Wildman–Crippen MR) is 86.0 cm³/mol. The fourth-order valence-electron chi connectivity index (χ4n) is 2.84. The number of ether oxygens (including phenoxy) is 1. The van der Waals surface area contributed by atoms with Gasteiger partial charge in [-0.15, -0.1) is 0 Å². The first-order valence-electron chi connectivity index (χ1n) is 7.08. The minimum absolute atomic E-state index is 0.289. The molecule has 1 aliphatic heterocycles. The van der Waals surface area contributed by atoms with Crippen LogP contribution >= 0.6 is 11.6 Å². The van der Waals surface area contributed by atoms with E-state index in [-0.39, 0.29) is 5.15 Å². The highest BCUT2D eigenvalue weighted by Crippen LogP contribution is 2.36. The largest absolute Gasteiger partial charge is 0.497 e. The van der Waals surface area contributed by atoms with E-state index in [9.17, 15) is 5.26 Å². The minimum Gasteiger partial charge on any atom is -0.497 e. The molecule has 0 saturated heterocycles. The fourth-order valence-corrected chi connectivity index (χ4v) is 3.08. The number of fused-ring (bicyclic) bond motifs is 1. The Morgan fingerprint density at radius 1 is 1.32 bits per heavy atom. The molecule has 0 amide bonds. The van der Waals surface area contributed by atoms with Crippen molar-refractivity contribution in [2.24, 2.45) is 0 Å². The van der Waals surface area contributed by atoms with Gasteiger partial charge < -0.3 is 9.64 Å². The van der Waals surface area contributed by atoms with Gasteiger partial charge in [-0.05, 0) is 30.3 Å². The lowest BCUT2D eigenvalue weighted by molar-refractivity contribution is 0.310. The third kappa shape index (κ3) is 2.54. The first kappa shape index (κ1) is 14.8. The van der Waals surface area contributed by atoms with Crippen molar-refractivity contribution >= 4 is 11.6 Å². The van der Waals surface area contributed by atoms with Crippen molar-refractivity contribution < 1.29 is 4.74 Å². The molecule has 2 heterocycles. The Balaban J connectivity index is 2.23. The molecule has 2 aromatic rings. The molecule has 112 valence electrons. The van der Waals surface area contributed by atoms with Crippen LogP contribution in [0.5, 0.6) is 5.75 Å². The molecule has 0 unspecified atom stereocenters. The maximum atomic E-state index is 9.52. The van der Waals surface area contributed by atoms with E-state index in [2.05, 4.69) is 23.0 Å². The second kappa shape index (κ2) is 5.96. The van der Waals surface area contributed by atoms with Crippen LogP contribution < -0.4 is 4.74 Å². The van der Waals surface area contributed by atoms with Crippen LogP contribution in [0.1, 0.15) is 16.8 Å². The van der Waals surface area contributed by atoms with Crippen LogP contribution in [0, 0.1) is 11.3 Å². The first-order chi connectivity index (χ1) is 10.6. The average Bonchev–Trinajstić information content (AvgIpc) is 2.54. The number of likely N-dealkylation sites (N-methyl/N-ethyl adjacent to an activating group) is 1. The van der Waals surface area contributed by atoms with Gasteiger partial charge in [-0.25, -0.2) is 4.98 Å². The van der Waals surface area contributed by atoms with Crippen molar-refractivity contribution in [3.05, 3.63) is 46.2 Å². The number of nitrogens with zero attached hydrogens (tertiary/aromatic N) is 3. The van der Waals surface area contributed by atoms with Crippen molar-refractivity contribution in [3.63, 3.8) is 0 Å². The third-order valence-electron chi connectivity index (χ3n) is 3.99. The molecule has 0 atom stereocenters. The molecule has 5 heteroatoms. The van der Waals surface area contributed by atoms with E-state index in [4.69, 9.17) is 16.3 Å². The Bertz CT molecular complexity index is 750. The Morgan fingerprint density at radius 3 is 2.68 bits per heavy atom. The second-order valence-electron chi connectivity index (χ2n) is 5.41. The van der Waals surface area contributed by atoms with Crippen LogP contribution in [0.15, 0.2) is 24.3 Å². The summed E-state index contributed by atoms with van der Waals surface area (Å²) in [6.07, 6.45) is 0.848. The SMILES string of the molecule is COc1ccc(-c2c(C#N)c(Cl)nc3c2CN(C)CC3)cc1. The van der Waals surface area contributed by atoms with E-state index in [1.54, 1.807) is 7.11 Å². The molecular weight excluding hydrogens is 298 g/mol. The summed E-state index contributed by atoms with van der Waals surface area (Å²) in [5, 5.41) is 9.80. The van der Waals surface area contributed by atoms with E-state index < -0.39 is 0 Å². The summed E-state index contributed by atoms with van der Waals surface area (Å²) < 4.78 is 5.20. The minimum atomic E-state index is 0.289. The summed E-state index contributed by atoms with van der Waals surface area (Å²) in [5.41, 5.74) is 4.40. The molecule has 0 saturated carbocycles. The summed E-state index contributed by atoms with van der Waals surface area (Å²) in [6.45, 7) is 1.72. The highest BCUT2D eigenvalue weighted by atomic mass is 35.5. The summed E-state index contributed by atoms with van der Waals surface area (Å²) in [6, 6.07) is 9.91. The smallest absolute Gasteiger partial charge is 0.147 e. The summed E-state index contributed by atoms with van der Waals surface area (Å²) >= 11 is 6.24. The normalized spacial score (nSPS) is 14.3. The van der Waals surface area contributed by atoms with E-state index >= 15 is 0 Å². The van der Waals surface area contributed by atoms with Gasteiger partial charge in [0.05, 0.1) is 12.7 Å². The Labute approximate surface area is 134 Å². The number of rotatable bonds is 2. The molecule has 4 nitrogen and oxygen atoms in total. The molecule has 1 aromatic carbocycles. The number of pyridine rings is 1. The topological polar surface area (TPSA) is 49.1 Å². The van der Waals surface area contributed by atoms with Crippen molar-refractivity contribution in [1.29, 1.82) is 5.26 Å². The van der Waals surface area contributed by atoms with Gasteiger partial charge in [-0.1, -0.05) is 23.7 Å². The van der Waals surface area contributed by atoms with E-state index in [0.29, 0.717) is 5.56 Å². The molecule has 0 N–H and O–H groups in total. The van der Waals surface area contributed by atoms with Crippen LogP contribution in [0.2, 0.25) is 5.15 Å². The Hall–Kier alpha value is -2.09.